The van der Waals surface area contributed by atoms with Crippen molar-refractivity contribution >= 4 is 23.6 Å². The van der Waals surface area contributed by atoms with Gasteiger partial charge in [-0.1, -0.05) is 48.5 Å². The summed E-state index contributed by atoms with van der Waals surface area (Å²) in [6, 6.07) is 15.4. The van der Waals surface area contributed by atoms with Crippen molar-refractivity contribution in [2.45, 2.75) is 57.3 Å². The van der Waals surface area contributed by atoms with Gasteiger partial charge in [0.2, 0.25) is 5.91 Å². The highest BCUT2D eigenvalue weighted by Crippen LogP contribution is 2.38. The molecule has 1 amide bonds. The summed E-state index contributed by atoms with van der Waals surface area (Å²) in [6.07, 6.45) is 0.423. The molecule has 1 saturated heterocycles. The number of hydrogen-bond acceptors (Lipinski definition) is 7. The van der Waals surface area contributed by atoms with E-state index in [1.54, 1.807) is 11.8 Å². The van der Waals surface area contributed by atoms with E-state index in [2.05, 4.69) is 5.32 Å². The molecule has 4 N–H and O–H groups in total. The molecule has 9 heteroatoms. The maximum Gasteiger partial charge on any atom is 0.303 e. The van der Waals surface area contributed by atoms with Crippen LogP contribution in [-0.4, -0.2) is 51.4 Å². The molecule has 35 heavy (non-hydrogen) atoms. The van der Waals surface area contributed by atoms with E-state index in [1.165, 1.54) is 0 Å². The molecule has 0 radical (unpaired) electrons. The van der Waals surface area contributed by atoms with Crippen LogP contribution in [0.3, 0.4) is 0 Å². The number of benzene rings is 2. The van der Waals surface area contributed by atoms with Gasteiger partial charge in [0, 0.05) is 42.9 Å². The molecule has 1 fully saturated rings. The van der Waals surface area contributed by atoms with Crippen molar-refractivity contribution in [3.05, 3.63) is 70.8 Å². The number of carbonyl (C=O) groups is 2. The molecule has 2 aromatic rings. The molecule has 0 bridgehead atoms. The molecule has 8 nitrogen and oxygen atoms in total. The average Bonchev–Trinajstić information content (AvgIpc) is 2.87. The van der Waals surface area contributed by atoms with Gasteiger partial charge in [-0.05, 0) is 23.1 Å². The van der Waals surface area contributed by atoms with Crippen LogP contribution in [0.15, 0.2) is 48.5 Å². The number of amides is 1. The maximum atomic E-state index is 11.9. The molecule has 190 valence electrons. The van der Waals surface area contributed by atoms with Gasteiger partial charge in [-0.3, -0.25) is 9.59 Å². The highest BCUT2D eigenvalue weighted by atomic mass is 32.2. The molecule has 2 aromatic carbocycles. The van der Waals surface area contributed by atoms with E-state index >= 15 is 0 Å². The van der Waals surface area contributed by atoms with Gasteiger partial charge < -0.3 is 30.1 Å². The van der Waals surface area contributed by atoms with Crippen molar-refractivity contribution in [1.82, 2.24) is 5.32 Å². The van der Waals surface area contributed by atoms with E-state index in [9.17, 15) is 14.7 Å². The van der Waals surface area contributed by atoms with Crippen molar-refractivity contribution in [3.63, 3.8) is 0 Å². The van der Waals surface area contributed by atoms with Crippen LogP contribution in [0.2, 0.25) is 0 Å². The zero-order chi connectivity index (χ0) is 25.0. The summed E-state index contributed by atoms with van der Waals surface area (Å²) < 4.78 is 12.5. The predicted molar refractivity (Wildman–Crippen MR) is 133 cm³/mol. The fourth-order valence-corrected chi connectivity index (χ4v) is 4.56. The number of carbonyl (C=O) groups excluding carboxylic acids is 1. The first-order valence-electron chi connectivity index (χ1n) is 11.7. The summed E-state index contributed by atoms with van der Waals surface area (Å²) in [5, 5.41) is 29.9. The van der Waals surface area contributed by atoms with Crippen LogP contribution < -0.4 is 5.32 Å². The topological polar surface area (TPSA) is 125 Å². The Balaban J connectivity index is 1.62. The minimum Gasteiger partial charge on any atom is -0.481 e. The summed E-state index contributed by atoms with van der Waals surface area (Å²) >= 11 is 1.64. The van der Waals surface area contributed by atoms with Crippen molar-refractivity contribution in [1.29, 1.82) is 0 Å². The number of hydrogen-bond donors (Lipinski definition) is 4. The third kappa shape index (κ3) is 8.94. The Morgan fingerprint density at radius 3 is 2.29 bits per heavy atom. The van der Waals surface area contributed by atoms with Crippen LogP contribution in [0.4, 0.5) is 0 Å². The lowest BCUT2D eigenvalue weighted by Gasteiger charge is -2.36. The first kappa shape index (κ1) is 27.2. The number of thioether (sulfide) groups is 1. The molecule has 1 aliphatic rings. The van der Waals surface area contributed by atoms with Crippen LogP contribution in [-0.2, 0) is 32.2 Å². The van der Waals surface area contributed by atoms with Crippen LogP contribution in [0.25, 0.3) is 0 Å². The fraction of sp³-hybridized carbons (Fsp3) is 0.462. The third-order valence-electron chi connectivity index (χ3n) is 5.69. The maximum absolute atomic E-state index is 11.9. The van der Waals surface area contributed by atoms with Gasteiger partial charge in [0.1, 0.15) is 0 Å². The minimum atomic E-state index is -0.904. The summed E-state index contributed by atoms with van der Waals surface area (Å²) in [7, 11) is 0. The number of nitrogens with one attached hydrogen (secondary N) is 1. The molecule has 0 aromatic heterocycles. The fourth-order valence-electron chi connectivity index (χ4n) is 3.78. The van der Waals surface area contributed by atoms with E-state index in [-0.39, 0.29) is 44.2 Å². The second-order valence-corrected chi connectivity index (χ2v) is 9.56. The Labute approximate surface area is 209 Å². The van der Waals surface area contributed by atoms with E-state index in [4.69, 9.17) is 19.7 Å². The molecule has 3 rings (SSSR count). The van der Waals surface area contributed by atoms with Gasteiger partial charge in [-0.15, -0.1) is 0 Å². The Bertz CT molecular complexity index is 936. The van der Waals surface area contributed by atoms with Crippen molar-refractivity contribution in [3.8, 4) is 0 Å². The second kappa shape index (κ2) is 14.2. The summed E-state index contributed by atoms with van der Waals surface area (Å²) in [4.78, 5) is 22.5. The van der Waals surface area contributed by atoms with E-state index in [1.807, 2.05) is 48.5 Å². The van der Waals surface area contributed by atoms with Crippen LogP contribution in [0.1, 0.15) is 60.3 Å². The minimum absolute atomic E-state index is 0.00684. The quantitative estimate of drug-likeness (QED) is 0.307. The Hall–Kier alpha value is -2.43. The molecular formula is C26H33NO7S. The van der Waals surface area contributed by atoms with E-state index in [0.717, 1.165) is 28.0 Å². The smallest absolute Gasteiger partial charge is 0.303 e. The average molecular weight is 504 g/mol. The summed E-state index contributed by atoms with van der Waals surface area (Å²) in [6.45, 7) is 0.479. The molecule has 1 aliphatic heterocycles. The highest BCUT2D eigenvalue weighted by molar-refractivity contribution is 7.99. The lowest BCUT2D eigenvalue weighted by Crippen LogP contribution is -2.31. The SMILES string of the molecule is O=C(O)CCCC(=O)NCc1ccc(C2OC(CSCCO)CC(c3ccc(CO)cc3)O2)cc1. The number of aliphatic hydroxyl groups is 2. The number of rotatable bonds is 13. The van der Waals surface area contributed by atoms with Crippen molar-refractivity contribution in [2.24, 2.45) is 0 Å². The Kier molecular flexibility index (Phi) is 11.0. The molecule has 0 spiro atoms. The number of aliphatic carboxylic acids is 1. The van der Waals surface area contributed by atoms with Gasteiger partial charge in [0.25, 0.3) is 0 Å². The number of carboxylic acid groups (broad SMARTS) is 1. The van der Waals surface area contributed by atoms with Gasteiger partial charge in [-0.2, -0.15) is 11.8 Å². The molecule has 3 unspecified atom stereocenters. The number of carboxylic acids is 1. The van der Waals surface area contributed by atoms with Crippen molar-refractivity contribution in [2.75, 3.05) is 18.1 Å². The lowest BCUT2D eigenvalue weighted by molar-refractivity contribution is -0.245. The molecule has 0 saturated carbocycles. The summed E-state index contributed by atoms with van der Waals surface area (Å²) in [5.74, 6) is 0.321. The van der Waals surface area contributed by atoms with Crippen LogP contribution in [0, 0.1) is 0 Å². The largest absolute Gasteiger partial charge is 0.481 e. The van der Waals surface area contributed by atoms with E-state index < -0.39 is 12.3 Å². The molecule has 0 aliphatic carbocycles. The Morgan fingerprint density at radius 1 is 0.943 bits per heavy atom. The van der Waals surface area contributed by atoms with Gasteiger partial charge >= 0.3 is 5.97 Å². The van der Waals surface area contributed by atoms with Gasteiger partial charge in [0.05, 0.1) is 25.4 Å². The lowest BCUT2D eigenvalue weighted by atomic mass is 10.0. The first-order chi connectivity index (χ1) is 17.0. The number of aliphatic hydroxyl groups excluding tert-OH is 2. The van der Waals surface area contributed by atoms with Crippen LogP contribution in [0.5, 0.6) is 0 Å². The molecule has 3 atom stereocenters. The first-order valence-corrected chi connectivity index (χ1v) is 12.9. The summed E-state index contributed by atoms with van der Waals surface area (Å²) in [5.41, 5.74) is 3.66. The second-order valence-electron chi connectivity index (χ2n) is 8.41. The number of ether oxygens (including phenoxy) is 2. The standard InChI is InChI=1S/C26H33NO7S/c28-12-13-35-17-22-14-23(20-8-6-19(16-29)7-9-20)34-26(33-22)21-10-4-18(5-11-21)15-27-24(30)2-1-3-25(31)32/h4-11,22-23,26,28-29H,1-3,12-17H2,(H,27,30)(H,31,32). The normalized spacial score (nSPS) is 19.9. The molecule has 1 heterocycles. The van der Waals surface area contributed by atoms with Gasteiger partial charge in [-0.25, -0.2) is 0 Å². The zero-order valence-electron chi connectivity index (χ0n) is 19.6. The third-order valence-corrected chi connectivity index (χ3v) is 6.77. The highest BCUT2D eigenvalue weighted by Gasteiger charge is 2.32. The monoisotopic (exact) mass is 503 g/mol. The molecular weight excluding hydrogens is 470 g/mol. The zero-order valence-corrected chi connectivity index (χ0v) is 20.4. The predicted octanol–water partition coefficient (Wildman–Crippen LogP) is 3.32. The van der Waals surface area contributed by atoms with Crippen molar-refractivity contribution < 1.29 is 34.4 Å². The van der Waals surface area contributed by atoms with Crippen LogP contribution >= 0.6 is 11.8 Å². The van der Waals surface area contributed by atoms with Gasteiger partial charge in [0.15, 0.2) is 6.29 Å². The Morgan fingerprint density at radius 2 is 1.63 bits per heavy atom. The van der Waals surface area contributed by atoms with E-state index in [0.29, 0.717) is 25.1 Å².